The van der Waals surface area contributed by atoms with Gasteiger partial charge < -0.3 is 9.72 Å². The molecule has 0 radical (unpaired) electrons. The van der Waals surface area contributed by atoms with E-state index in [1.807, 2.05) is 28.9 Å². The molecule has 3 rings (SSSR count). The molecule has 0 amide bonds. The number of hydrogen-bond donors (Lipinski definition) is 1. The molecule has 1 saturated carbocycles. The van der Waals surface area contributed by atoms with E-state index in [1.54, 1.807) is 0 Å². The number of halogens is 1. The van der Waals surface area contributed by atoms with Gasteiger partial charge in [0, 0.05) is 25.5 Å². The third-order valence-electron chi connectivity index (χ3n) is 4.36. The van der Waals surface area contributed by atoms with Crippen LogP contribution >= 0.6 is 11.6 Å². The van der Waals surface area contributed by atoms with Gasteiger partial charge in [-0.2, -0.15) is 0 Å². The van der Waals surface area contributed by atoms with Gasteiger partial charge in [-0.3, -0.25) is 0 Å². The van der Waals surface area contributed by atoms with E-state index >= 15 is 0 Å². The minimum Gasteiger partial charge on any atom is -0.311 e. The van der Waals surface area contributed by atoms with E-state index in [9.17, 15) is 0 Å². The van der Waals surface area contributed by atoms with E-state index in [2.05, 4.69) is 24.1 Å². The molecule has 1 aliphatic rings. The molecule has 2 heterocycles. The molecule has 102 valence electrons. The second-order valence-electron chi connectivity index (χ2n) is 5.97. The summed E-state index contributed by atoms with van der Waals surface area (Å²) in [5, 5.41) is 4.29. The van der Waals surface area contributed by atoms with Crippen molar-refractivity contribution in [2.75, 3.05) is 6.54 Å². The smallest absolute Gasteiger partial charge is 0.137 e. The molecule has 2 aromatic rings. The standard InChI is InChI=1S/C15H20ClN3/c1-11(2)15(5-6-15)10-17-7-13-9-19-8-12(16)3-4-14(19)18-13/h3-4,8-9,11,17H,5-7,10H2,1-2H3. The lowest BCUT2D eigenvalue weighted by molar-refractivity contribution is 0.337. The van der Waals surface area contributed by atoms with Gasteiger partial charge in [0.15, 0.2) is 0 Å². The second kappa shape index (κ2) is 4.80. The van der Waals surface area contributed by atoms with Gasteiger partial charge in [0.05, 0.1) is 10.7 Å². The lowest BCUT2D eigenvalue weighted by Crippen LogP contribution is -2.27. The van der Waals surface area contributed by atoms with Crippen molar-refractivity contribution in [1.29, 1.82) is 0 Å². The molecular formula is C15H20ClN3. The average Bonchev–Trinajstić information content (AvgIpc) is 3.04. The van der Waals surface area contributed by atoms with E-state index < -0.39 is 0 Å². The molecule has 0 saturated heterocycles. The quantitative estimate of drug-likeness (QED) is 0.906. The molecule has 0 aliphatic heterocycles. The van der Waals surface area contributed by atoms with Crippen LogP contribution in [0.2, 0.25) is 5.02 Å². The van der Waals surface area contributed by atoms with Gasteiger partial charge in [0.2, 0.25) is 0 Å². The number of hydrogen-bond acceptors (Lipinski definition) is 2. The van der Waals surface area contributed by atoms with E-state index in [0.29, 0.717) is 5.41 Å². The van der Waals surface area contributed by atoms with Crippen molar-refractivity contribution >= 4 is 17.2 Å². The predicted octanol–water partition coefficient (Wildman–Crippen LogP) is 3.51. The topological polar surface area (TPSA) is 29.3 Å². The van der Waals surface area contributed by atoms with Crippen LogP contribution in [0.15, 0.2) is 24.5 Å². The molecule has 4 heteroatoms. The van der Waals surface area contributed by atoms with Crippen LogP contribution in [-0.4, -0.2) is 15.9 Å². The summed E-state index contributed by atoms with van der Waals surface area (Å²) >= 11 is 5.97. The summed E-state index contributed by atoms with van der Waals surface area (Å²) < 4.78 is 1.98. The lowest BCUT2D eigenvalue weighted by Gasteiger charge is -2.19. The van der Waals surface area contributed by atoms with Crippen molar-refractivity contribution in [3.05, 3.63) is 35.2 Å². The number of imidazole rings is 1. The lowest BCUT2D eigenvalue weighted by atomic mass is 9.92. The molecule has 0 aromatic carbocycles. The van der Waals surface area contributed by atoms with Crippen LogP contribution in [0.25, 0.3) is 5.65 Å². The third-order valence-corrected chi connectivity index (χ3v) is 4.59. The molecular weight excluding hydrogens is 258 g/mol. The molecule has 2 aromatic heterocycles. The minimum atomic E-state index is 0.544. The van der Waals surface area contributed by atoms with Crippen molar-refractivity contribution in [3.8, 4) is 0 Å². The molecule has 19 heavy (non-hydrogen) atoms. The highest BCUT2D eigenvalue weighted by molar-refractivity contribution is 6.30. The Bertz CT molecular complexity index is 584. The Labute approximate surface area is 119 Å². The molecule has 0 spiro atoms. The fraction of sp³-hybridized carbons (Fsp3) is 0.533. The number of aromatic nitrogens is 2. The Morgan fingerprint density at radius 2 is 2.16 bits per heavy atom. The summed E-state index contributed by atoms with van der Waals surface area (Å²) in [7, 11) is 0. The number of nitrogens with zero attached hydrogens (tertiary/aromatic N) is 2. The van der Waals surface area contributed by atoms with E-state index in [0.717, 1.165) is 35.4 Å². The van der Waals surface area contributed by atoms with Crippen molar-refractivity contribution in [1.82, 2.24) is 14.7 Å². The van der Waals surface area contributed by atoms with Crippen LogP contribution in [0.3, 0.4) is 0 Å². The molecule has 3 nitrogen and oxygen atoms in total. The van der Waals surface area contributed by atoms with Crippen LogP contribution in [0, 0.1) is 11.3 Å². The molecule has 1 N–H and O–H groups in total. The van der Waals surface area contributed by atoms with Gasteiger partial charge >= 0.3 is 0 Å². The summed E-state index contributed by atoms with van der Waals surface area (Å²) in [5.74, 6) is 0.764. The minimum absolute atomic E-state index is 0.544. The highest BCUT2D eigenvalue weighted by Crippen LogP contribution is 2.51. The van der Waals surface area contributed by atoms with Crippen LogP contribution in [0.1, 0.15) is 32.4 Å². The maximum absolute atomic E-state index is 5.97. The maximum Gasteiger partial charge on any atom is 0.137 e. The van der Waals surface area contributed by atoms with Crippen LogP contribution < -0.4 is 5.32 Å². The Morgan fingerprint density at radius 1 is 1.37 bits per heavy atom. The van der Waals surface area contributed by atoms with Gasteiger partial charge in [-0.1, -0.05) is 25.4 Å². The summed E-state index contributed by atoms with van der Waals surface area (Å²) in [4.78, 5) is 4.58. The summed E-state index contributed by atoms with van der Waals surface area (Å²) in [5.41, 5.74) is 2.57. The monoisotopic (exact) mass is 277 g/mol. The zero-order valence-electron chi connectivity index (χ0n) is 11.5. The summed E-state index contributed by atoms with van der Waals surface area (Å²) in [6.07, 6.45) is 6.66. The van der Waals surface area contributed by atoms with Crippen molar-refractivity contribution in [3.63, 3.8) is 0 Å². The Kier molecular flexibility index (Phi) is 3.27. The van der Waals surface area contributed by atoms with Gasteiger partial charge in [-0.15, -0.1) is 0 Å². The SMILES string of the molecule is CC(C)C1(CNCc2cn3cc(Cl)ccc3n2)CC1. The van der Waals surface area contributed by atoms with Crippen molar-refractivity contribution in [2.45, 2.75) is 33.2 Å². The summed E-state index contributed by atoms with van der Waals surface area (Å²) in [6, 6.07) is 3.82. The zero-order valence-corrected chi connectivity index (χ0v) is 12.2. The predicted molar refractivity (Wildman–Crippen MR) is 78.4 cm³/mol. The summed E-state index contributed by atoms with van der Waals surface area (Å²) in [6.45, 7) is 6.57. The fourth-order valence-electron chi connectivity index (χ4n) is 2.66. The molecule has 1 fully saturated rings. The second-order valence-corrected chi connectivity index (χ2v) is 6.40. The molecule has 0 bridgehead atoms. The number of pyridine rings is 1. The molecule has 0 unspecified atom stereocenters. The highest BCUT2D eigenvalue weighted by atomic mass is 35.5. The fourth-order valence-corrected chi connectivity index (χ4v) is 2.83. The third kappa shape index (κ3) is 2.63. The molecule has 0 atom stereocenters. The van der Waals surface area contributed by atoms with Crippen LogP contribution in [0.5, 0.6) is 0 Å². The van der Waals surface area contributed by atoms with E-state index in [-0.39, 0.29) is 0 Å². The van der Waals surface area contributed by atoms with Crippen molar-refractivity contribution in [2.24, 2.45) is 11.3 Å². The van der Waals surface area contributed by atoms with E-state index in [1.165, 1.54) is 12.8 Å². The van der Waals surface area contributed by atoms with Crippen molar-refractivity contribution < 1.29 is 0 Å². The number of nitrogens with one attached hydrogen (secondary N) is 1. The van der Waals surface area contributed by atoms with E-state index in [4.69, 9.17) is 11.6 Å². The normalized spacial score (nSPS) is 17.3. The highest BCUT2D eigenvalue weighted by Gasteiger charge is 2.44. The number of fused-ring (bicyclic) bond motifs is 1. The van der Waals surface area contributed by atoms with Crippen LogP contribution in [0.4, 0.5) is 0 Å². The van der Waals surface area contributed by atoms with Gasteiger partial charge in [0.1, 0.15) is 5.65 Å². The van der Waals surface area contributed by atoms with Gasteiger partial charge in [0.25, 0.3) is 0 Å². The first kappa shape index (κ1) is 12.9. The first-order valence-electron chi connectivity index (χ1n) is 6.93. The maximum atomic E-state index is 5.97. The zero-order chi connectivity index (χ0) is 13.5. The first-order chi connectivity index (χ1) is 9.09. The first-order valence-corrected chi connectivity index (χ1v) is 7.31. The molecule has 1 aliphatic carbocycles. The Morgan fingerprint density at radius 3 is 2.84 bits per heavy atom. The Hall–Kier alpha value is -1.06. The van der Waals surface area contributed by atoms with Crippen LogP contribution in [-0.2, 0) is 6.54 Å². The number of rotatable bonds is 5. The van der Waals surface area contributed by atoms with Gasteiger partial charge in [-0.05, 0) is 36.3 Å². The van der Waals surface area contributed by atoms with Gasteiger partial charge in [-0.25, -0.2) is 4.98 Å². The Balaban J connectivity index is 1.63. The average molecular weight is 278 g/mol. The largest absolute Gasteiger partial charge is 0.311 e.